The second kappa shape index (κ2) is 60.6. The van der Waals surface area contributed by atoms with Crippen molar-refractivity contribution in [3.05, 3.63) is 0 Å². The minimum absolute atomic E-state index is 0.104. The molecule has 0 spiro atoms. The Morgan fingerprint density at radius 2 is 0.535 bits per heavy atom. The summed E-state index contributed by atoms with van der Waals surface area (Å²) in [5.41, 5.74) is 0. The zero-order valence-corrected chi connectivity index (χ0v) is 57.2. The molecule has 0 radical (unpaired) electrons. The van der Waals surface area contributed by atoms with Crippen LogP contribution in [0, 0.1) is 5.92 Å². The first-order chi connectivity index (χ1) is 41.5. The Hall–Kier alpha value is -1.94. The normalized spacial score (nSPS) is 14.2. The van der Waals surface area contributed by atoms with E-state index in [1.807, 2.05) is 0 Å². The molecule has 0 saturated carbocycles. The fourth-order valence-electron chi connectivity index (χ4n) is 10.1. The lowest BCUT2D eigenvalue weighted by Crippen LogP contribution is -2.30. The number of unbranched alkanes of at least 4 members (excludes halogenated alkanes) is 39. The molecule has 2 unspecified atom stereocenters. The lowest BCUT2D eigenvalue weighted by atomic mass is 10.0. The van der Waals surface area contributed by atoms with Crippen molar-refractivity contribution >= 4 is 39.5 Å². The van der Waals surface area contributed by atoms with Crippen molar-refractivity contribution in [3.63, 3.8) is 0 Å². The molecular formula is C67H130O17P2. The number of carbonyl (C=O) groups is 4. The number of hydrogen-bond donors (Lipinski definition) is 3. The first-order valence-corrected chi connectivity index (χ1v) is 38.1. The Bertz CT molecular complexity index is 1670. The van der Waals surface area contributed by atoms with Gasteiger partial charge in [-0.3, -0.25) is 37.3 Å². The third-order valence-electron chi connectivity index (χ3n) is 15.5. The molecule has 3 N–H and O–H groups in total. The monoisotopic (exact) mass is 1270 g/mol. The van der Waals surface area contributed by atoms with Gasteiger partial charge in [0.05, 0.1) is 26.4 Å². The van der Waals surface area contributed by atoms with E-state index in [4.69, 9.17) is 37.0 Å². The topological polar surface area (TPSA) is 237 Å². The predicted octanol–water partition coefficient (Wildman–Crippen LogP) is 19.0. The molecule has 0 rings (SSSR count). The van der Waals surface area contributed by atoms with E-state index in [1.54, 1.807) is 0 Å². The summed E-state index contributed by atoms with van der Waals surface area (Å²) < 4.78 is 67.9. The summed E-state index contributed by atoms with van der Waals surface area (Å²) >= 11 is 0. The molecule has 510 valence electrons. The number of aliphatic hydroxyl groups is 1. The number of esters is 4. The molecule has 5 atom stereocenters. The van der Waals surface area contributed by atoms with Crippen LogP contribution in [0.5, 0.6) is 0 Å². The number of hydrogen-bond acceptors (Lipinski definition) is 15. The van der Waals surface area contributed by atoms with E-state index in [2.05, 4.69) is 34.6 Å². The Balaban J connectivity index is 5.13. The van der Waals surface area contributed by atoms with Gasteiger partial charge < -0.3 is 33.8 Å². The van der Waals surface area contributed by atoms with Crippen molar-refractivity contribution in [2.24, 2.45) is 5.92 Å². The molecule has 0 aromatic heterocycles. The molecule has 0 aliphatic carbocycles. The standard InChI is InChI=1S/C67H130O17P2/c1-6-9-12-15-17-19-20-21-23-27-30-33-37-41-46-51-65(70)78-57-63(84-67(72)53-48-43-38-34-31-28-25-22-24-26-29-32-35-40-44-49-60(4)5)59-82-86(75,76)80-55-61(68)54-79-85(73,74)81-58-62(56-77-64(69)50-45-39-14-11-8-3)83-66(71)52-47-42-36-18-16-13-10-7-2/h60-63,68H,6-59H2,1-5H3,(H,73,74)(H,75,76)/t61-,62+,63+/m0/s1. The maximum absolute atomic E-state index is 13.0. The average Bonchev–Trinajstić information content (AvgIpc) is 3.59. The first kappa shape index (κ1) is 84.1. The molecule has 0 bridgehead atoms. The van der Waals surface area contributed by atoms with Crippen LogP contribution in [0.15, 0.2) is 0 Å². The van der Waals surface area contributed by atoms with Crippen molar-refractivity contribution in [3.8, 4) is 0 Å². The SMILES string of the molecule is CCCCCCCCCCCCCCCCCC(=O)OC[C@H](COP(=O)(O)OC[C@@H](O)COP(=O)(O)OC[C@@H](COC(=O)CCCCCCC)OC(=O)CCCCCCCCCC)OC(=O)CCCCCCCCCCCCCCCCCC(C)C. The maximum Gasteiger partial charge on any atom is 0.472 e. The molecule has 86 heavy (non-hydrogen) atoms. The molecule has 0 amide bonds. The molecule has 0 aromatic rings. The summed E-state index contributed by atoms with van der Waals surface area (Å²) in [5, 5.41) is 10.5. The molecule has 0 aliphatic rings. The summed E-state index contributed by atoms with van der Waals surface area (Å²) in [6, 6.07) is 0. The van der Waals surface area contributed by atoms with Gasteiger partial charge in [0.15, 0.2) is 12.2 Å². The van der Waals surface area contributed by atoms with Gasteiger partial charge in [0.1, 0.15) is 19.3 Å². The molecule has 19 heteroatoms. The van der Waals surface area contributed by atoms with Crippen molar-refractivity contribution in [1.29, 1.82) is 0 Å². The second-order valence-corrected chi connectivity index (χ2v) is 27.6. The van der Waals surface area contributed by atoms with Gasteiger partial charge in [-0.15, -0.1) is 0 Å². The number of carbonyl (C=O) groups excluding carboxylic acids is 4. The molecule has 0 aromatic carbocycles. The molecule has 0 saturated heterocycles. The van der Waals surface area contributed by atoms with Crippen LogP contribution in [0.25, 0.3) is 0 Å². The molecule has 0 aliphatic heterocycles. The zero-order chi connectivity index (χ0) is 63.5. The van der Waals surface area contributed by atoms with E-state index < -0.39 is 97.5 Å². The number of aliphatic hydroxyl groups excluding tert-OH is 1. The average molecular weight is 1270 g/mol. The van der Waals surface area contributed by atoms with Gasteiger partial charge in [0.2, 0.25) is 0 Å². The van der Waals surface area contributed by atoms with Crippen LogP contribution >= 0.6 is 15.6 Å². The second-order valence-electron chi connectivity index (χ2n) is 24.7. The van der Waals surface area contributed by atoms with Crippen LogP contribution in [0.1, 0.15) is 343 Å². The van der Waals surface area contributed by atoms with Gasteiger partial charge in [0.25, 0.3) is 0 Å². The first-order valence-electron chi connectivity index (χ1n) is 35.1. The smallest absolute Gasteiger partial charge is 0.462 e. The third kappa shape index (κ3) is 60.9. The highest BCUT2D eigenvalue weighted by Gasteiger charge is 2.30. The van der Waals surface area contributed by atoms with Crippen LogP contribution in [0.2, 0.25) is 0 Å². The van der Waals surface area contributed by atoms with Crippen molar-refractivity contribution in [2.75, 3.05) is 39.6 Å². The van der Waals surface area contributed by atoms with Gasteiger partial charge in [-0.1, -0.05) is 291 Å². The lowest BCUT2D eigenvalue weighted by molar-refractivity contribution is -0.161. The maximum atomic E-state index is 13.0. The number of ether oxygens (including phenoxy) is 4. The minimum atomic E-state index is -4.95. The highest BCUT2D eigenvalue weighted by molar-refractivity contribution is 7.47. The highest BCUT2D eigenvalue weighted by Crippen LogP contribution is 2.45. The van der Waals surface area contributed by atoms with Crippen molar-refractivity contribution in [1.82, 2.24) is 0 Å². The van der Waals surface area contributed by atoms with Gasteiger partial charge >= 0.3 is 39.5 Å². The molecule has 17 nitrogen and oxygen atoms in total. The molecule has 0 heterocycles. The summed E-state index contributed by atoms with van der Waals surface area (Å²) in [6.07, 6.45) is 46.3. The van der Waals surface area contributed by atoms with E-state index in [-0.39, 0.29) is 25.7 Å². The van der Waals surface area contributed by atoms with Gasteiger partial charge in [-0.05, 0) is 31.6 Å². The number of phosphoric acid groups is 2. The third-order valence-corrected chi connectivity index (χ3v) is 17.4. The molecule has 0 fully saturated rings. The Morgan fingerprint density at radius 3 is 0.791 bits per heavy atom. The van der Waals surface area contributed by atoms with Gasteiger partial charge in [-0.2, -0.15) is 0 Å². The van der Waals surface area contributed by atoms with E-state index in [1.165, 1.54) is 154 Å². The highest BCUT2D eigenvalue weighted by atomic mass is 31.2. The van der Waals surface area contributed by atoms with E-state index in [0.29, 0.717) is 25.7 Å². The van der Waals surface area contributed by atoms with Crippen LogP contribution in [0.4, 0.5) is 0 Å². The van der Waals surface area contributed by atoms with Gasteiger partial charge in [0, 0.05) is 25.7 Å². The van der Waals surface area contributed by atoms with Crippen LogP contribution in [-0.4, -0.2) is 96.7 Å². The van der Waals surface area contributed by atoms with E-state index in [0.717, 1.165) is 109 Å². The van der Waals surface area contributed by atoms with Crippen LogP contribution < -0.4 is 0 Å². The van der Waals surface area contributed by atoms with E-state index >= 15 is 0 Å². The van der Waals surface area contributed by atoms with E-state index in [9.17, 15) is 43.2 Å². The summed E-state index contributed by atoms with van der Waals surface area (Å²) in [7, 11) is -9.88. The quantitative estimate of drug-likeness (QED) is 0.0222. The largest absolute Gasteiger partial charge is 0.472 e. The summed E-state index contributed by atoms with van der Waals surface area (Å²) in [4.78, 5) is 72.0. The molecular weight excluding hydrogens is 1140 g/mol. The fraction of sp³-hybridized carbons (Fsp3) is 0.940. The summed E-state index contributed by atoms with van der Waals surface area (Å²) in [6.45, 7) is 7.14. The van der Waals surface area contributed by atoms with Crippen molar-refractivity contribution in [2.45, 2.75) is 361 Å². The van der Waals surface area contributed by atoms with Gasteiger partial charge in [-0.25, -0.2) is 9.13 Å². The Morgan fingerprint density at radius 1 is 0.314 bits per heavy atom. The number of phosphoric ester groups is 2. The zero-order valence-electron chi connectivity index (χ0n) is 55.4. The summed E-state index contributed by atoms with van der Waals surface area (Å²) in [5.74, 6) is -1.34. The Kier molecular flexibility index (Phi) is 59.2. The lowest BCUT2D eigenvalue weighted by Gasteiger charge is -2.21. The Labute approximate surface area is 524 Å². The van der Waals surface area contributed by atoms with Crippen LogP contribution in [0.3, 0.4) is 0 Å². The number of rotatable bonds is 67. The van der Waals surface area contributed by atoms with Crippen molar-refractivity contribution < 1.29 is 80.2 Å². The fourth-order valence-corrected chi connectivity index (χ4v) is 11.7. The minimum Gasteiger partial charge on any atom is -0.462 e. The van der Waals surface area contributed by atoms with Crippen LogP contribution in [-0.2, 0) is 65.4 Å². The predicted molar refractivity (Wildman–Crippen MR) is 345 cm³/mol.